The normalized spacial score (nSPS) is 11.0. The van der Waals surface area contributed by atoms with Crippen LogP contribution in [0.4, 0.5) is 0 Å². The minimum atomic E-state index is -0.00954. The second-order valence-corrected chi connectivity index (χ2v) is 8.22. The number of rotatable bonds is 17. The molecule has 0 bridgehead atoms. The summed E-state index contributed by atoms with van der Waals surface area (Å²) in [5, 5.41) is 10.2. The van der Waals surface area contributed by atoms with E-state index in [1.807, 2.05) is 0 Å². The zero-order valence-corrected chi connectivity index (χ0v) is 18.0. The van der Waals surface area contributed by atoms with Crippen LogP contribution < -0.4 is 0 Å². The molecule has 27 heavy (non-hydrogen) atoms. The van der Waals surface area contributed by atoms with Crippen LogP contribution in [0, 0.1) is 0 Å². The Bertz CT molecular complexity index is 513. The molecule has 154 valence electrons. The molecule has 0 spiro atoms. The van der Waals surface area contributed by atoms with Gasteiger partial charge in [-0.1, -0.05) is 108 Å². The second kappa shape index (κ2) is 16.0. The molecular weight excluding hydrogens is 356 g/mol. The van der Waals surface area contributed by atoms with Crippen LogP contribution in [-0.2, 0) is 0 Å². The summed E-state index contributed by atoms with van der Waals surface area (Å²) in [6.45, 7) is 2.27. The highest BCUT2D eigenvalue weighted by molar-refractivity contribution is 6.31. The maximum absolute atomic E-state index is 12.1. The molecule has 2 nitrogen and oxygen atoms in total. The Morgan fingerprint density at radius 1 is 0.778 bits per heavy atom. The maximum Gasteiger partial charge on any atom is 0.166 e. The van der Waals surface area contributed by atoms with Gasteiger partial charge < -0.3 is 5.11 Å². The Morgan fingerprint density at radius 3 is 1.70 bits per heavy atom. The summed E-state index contributed by atoms with van der Waals surface area (Å²) in [7, 11) is 0. The molecule has 1 N–H and O–H groups in total. The van der Waals surface area contributed by atoms with Gasteiger partial charge in [0.05, 0.1) is 5.56 Å². The third-order valence-corrected chi connectivity index (χ3v) is 5.50. The lowest BCUT2D eigenvalue weighted by atomic mass is 10.0. The van der Waals surface area contributed by atoms with Gasteiger partial charge in [0, 0.05) is 11.4 Å². The maximum atomic E-state index is 12.1. The van der Waals surface area contributed by atoms with Crippen molar-refractivity contribution < 1.29 is 9.90 Å². The molecule has 0 fully saturated rings. The van der Waals surface area contributed by atoms with Crippen molar-refractivity contribution in [1.29, 1.82) is 0 Å². The van der Waals surface area contributed by atoms with Gasteiger partial charge in [-0.25, -0.2) is 0 Å². The van der Waals surface area contributed by atoms with Gasteiger partial charge in [-0.3, -0.25) is 4.79 Å². The Kier molecular flexibility index (Phi) is 14.2. The first-order valence-corrected chi connectivity index (χ1v) is 11.5. The average molecular weight is 395 g/mol. The second-order valence-electron chi connectivity index (χ2n) is 7.78. The van der Waals surface area contributed by atoms with Crippen molar-refractivity contribution >= 4 is 17.4 Å². The Labute approximate surface area is 171 Å². The first kappa shape index (κ1) is 24.0. The lowest BCUT2D eigenvalue weighted by Crippen LogP contribution is -1.99. The molecule has 0 aliphatic heterocycles. The van der Waals surface area contributed by atoms with Gasteiger partial charge in [-0.15, -0.1) is 0 Å². The summed E-state index contributed by atoms with van der Waals surface area (Å²) in [4.78, 5) is 12.1. The molecular formula is C24H39ClO2. The van der Waals surface area contributed by atoms with Crippen LogP contribution in [0.15, 0.2) is 18.2 Å². The van der Waals surface area contributed by atoms with E-state index in [2.05, 4.69) is 6.92 Å². The van der Waals surface area contributed by atoms with Crippen LogP contribution in [0.1, 0.15) is 120 Å². The molecule has 1 aromatic carbocycles. The predicted molar refractivity (Wildman–Crippen MR) is 117 cm³/mol. The zero-order chi connectivity index (χ0) is 19.7. The first-order chi connectivity index (χ1) is 13.1. The number of phenols is 1. The SMILES string of the molecule is CCCCCCCCCCCCCCCCCC(=O)c1cc(Cl)ccc1O. The summed E-state index contributed by atoms with van der Waals surface area (Å²) in [5.41, 5.74) is 0.355. The van der Waals surface area contributed by atoms with Crippen molar-refractivity contribution in [1.82, 2.24) is 0 Å². The molecule has 0 heterocycles. The molecule has 0 saturated heterocycles. The number of ketones is 1. The molecule has 1 aromatic rings. The van der Waals surface area contributed by atoms with Crippen molar-refractivity contribution in [2.75, 3.05) is 0 Å². The molecule has 1 rings (SSSR count). The Hall–Kier alpha value is -1.02. The van der Waals surface area contributed by atoms with Gasteiger partial charge in [0.2, 0.25) is 0 Å². The van der Waals surface area contributed by atoms with Crippen LogP contribution in [0.2, 0.25) is 5.02 Å². The summed E-state index contributed by atoms with van der Waals surface area (Å²) in [6.07, 6.45) is 20.2. The number of carbonyl (C=O) groups excluding carboxylic acids is 1. The van der Waals surface area contributed by atoms with Crippen LogP contribution in [-0.4, -0.2) is 10.9 Å². The molecule has 0 unspecified atom stereocenters. The Balaban J connectivity index is 1.89. The molecule has 0 radical (unpaired) electrons. The summed E-state index contributed by atoms with van der Waals surface area (Å²) < 4.78 is 0. The molecule has 0 aliphatic rings. The summed E-state index contributed by atoms with van der Waals surface area (Å²) in [5.74, 6) is 0.0232. The molecule has 0 aliphatic carbocycles. The molecule has 0 saturated carbocycles. The van der Waals surface area contributed by atoms with Gasteiger partial charge in [0.25, 0.3) is 0 Å². The minimum Gasteiger partial charge on any atom is -0.507 e. The van der Waals surface area contributed by atoms with Crippen molar-refractivity contribution in [2.24, 2.45) is 0 Å². The number of aromatic hydroxyl groups is 1. The van der Waals surface area contributed by atoms with E-state index in [-0.39, 0.29) is 11.5 Å². The van der Waals surface area contributed by atoms with Gasteiger partial charge in [0.15, 0.2) is 5.78 Å². The van der Waals surface area contributed by atoms with E-state index < -0.39 is 0 Å². The highest BCUT2D eigenvalue weighted by Gasteiger charge is 2.11. The topological polar surface area (TPSA) is 37.3 Å². The number of Topliss-reactive ketones (excluding diaryl/α,β-unsaturated/α-hetero) is 1. The standard InChI is InChI=1S/C24H39ClO2/c1-2-3-4-5-6-7-8-9-10-11-12-13-14-15-16-17-23(26)22-20-21(25)18-19-24(22)27/h18-20,27H,2-17H2,1H3. The molecule has 3 heteroatoms. The lowest BCUT2D eigenvalue weighted by Gasteiger charge is -2.05. The Morgan fingerprint density at radius 2 is 1.22 bits per heavy atom. The predicted octanol–water partition coefficient (Wildman–Crippen LogP) is 8.49. The third-order valence-electron chi connectivity index (χ3n) is 5.27. The fraction of sp³-hybridized carbons (Fsp3) is 0.708. The number of halogens is 1. The largest absolute Gasteiger partial charge is 0.507 e. The van der Waals surface area contributed by atoms with E-state index >= 15 is 0 Å². The van der Waals surface area contributed by atoms with E-state index in [0.717, 1.165) is 12.8 Å². The van der Waals surface area contributed by atoms with Gasteiger partial charge in [-0.2, -0.15) is 0 Å². The van der Waals surface area contributed by atoms with Crippen LogP contribution in [0.25, 0.3) is 0 Å². The fourth-order valence-corrected chi connectivity index (χ4v) is 3.70. The summed E-state index contributed by atoms with van der Waals surface area (Å²) >= 11 is 5.90. The van der Waals surface area contributed by atoms with E-state index in [9.17, 15) is 9.90 Å². The quantitative estimate of drug-likeness (QED) is 0.212. The van der Waals surface area contributed by atoms with E-state index in [1.165, 1.54) is 89.5 Å². The van der Waals surface area contributed by atoms with Crippen molar-refractivity contribution in [3.05, 3.63) is 28.8 Å². The van der Waals surface area contributed by atoms with E-state index in [4.69, 9.17) is 11.6 Å². The van der Waals surface area contributed by atoms with Gasteiger partial charge in [0.1, 0.15) is 5.75 Å². The van der Waals surface area contributed by atoms with E-state index in [0.29, 0.717) is 17.0 Å². The van der Waals surface area contributed by atoms with Crippen LogP contribution >= 0.6 is 11.6 Å². The number of hydrogen-bond donors (Lipinski definition) is 1. The number of hydrogen-bond acceptors (Lipinski definition) is 2. The molecule has 0 aromatic heterocycles. The third kappa shape index (κ3) is 12.1. The molecule has 0 atom stereocenters. The van der Waals surface area contributed by atoms with Crippen molar-refractivity contribution in [2.45, 2.75) is 110 Å². The fourth-order valence-electron chi connectivity index (χ4n) is 3.52. The smallest absolute Gasteiger partial charge is 0.166 e. The lowest BCUT2D eigenvalue weighted by molar-refractivity contribution is 0.0976. The number of unbranched alkanes of at least 4 members (excludes halogenated alkanes) is 14. The van der Waals surface area contributed by atoms with E-state index in [1.54, 1.807) is 12.1 Å². The van der Waals surface area contributed by atoms with Crippen molar-refractivity contribution in [3.63, 3.8) is 0 Å². The van der Waals surface area contributed by atoms with Gasteiger partial charge >= 0.3 is 0 Å². The van der Waals surface area contributed by atoms with Crippen LogP contribution in [0.3, 0.4) is 0 Å². The average Bonchev–Trinajstić information content (AvgIpc) is 2.66. The number of carbonyl (C=O) groups is 1. The minimum absolute atomic E-state index is 0.00954. The highest BCUT2D eigenvalue weighted by atomic mass is 35.5. The first-order valence-electron chi connectivity index (χ1n) is 11.2. The molecule has 0 amide bonds. The number of phenolic OH excluding ortho intramolecular Hbond substituents is 1. The van der Waals surface area contributed by atoms with Gasteiger partial charge in [-0.05, 0) is 24.6 Å². The van der Waals surface area contributed by atoms with Crippen LogP contribution in [0.5, 0.6) is 5.75 Å². The summed E-state index contributed by atoms with van der Waals surface area (Å²) in [6, 6.07) is 4.65. The van der Waals surface area contributed by atoms with Crippen molar-refractivity contribution in [3.8, 4) is 5.75 Å². The zero-order valence-electron chi connectivity index (χ0n) is 17.3. The highest BCUT2D eigenvalue weighted by Crippen LogP contribution is 2.23. The number of benzene rings is 1. The monoisotopic (exact) mass is 394 g/mol.